The molecule has 1 unspecified atom stereocenters. The smallest absolute Gasteiger partial charge is 0.191 e. The second-order valence-electron chi connectivity index (χ2n) is 4.92. The van der Waals surface area contributed by atoms with Gasteiger partial charge in [-0.15, -0.1) is 24.0 Å². The molecular weight excluding hydrogens is 393 g/mol. The molecule has 0 spiro atoms. The number of nitrogens with zero attached hydrogens (tertiary/aromatic N) is 1. The molecule has 120 valence electrons. The monoisotopic (exact) mass is 421 g/mol. The van der Waals surface area contributed by atoms with Crippen molar-refractivity contribution in [2.45, 2.75) is 32.7 Å². The van der Waals surface area contributed by atoms with Gasteiger partial charge in [0.05, 0.1) is 6.04 Å². The zero-order valence-electron chi connectivity index (χ0n) is 13.5. The van der Waals surface area contributed by atoms with E-state index in [9.17, 15) is 0 Å². The maximum Gasteiger partial charge on any atom is 0.191 e. The van der Waals surface area contributed by atoms with Crippen LogP contribution in [-0.2, 0) is 0 Å². The van der Waals surface area contributed by atoms with Crippen molar-refractivity contribution in [2.24, 2.45) is 4.99 Å². The topological polar surface area (TPSA) is 36.4 Å². The highest BCUT2D eigenvalue weighted by molar-refractivity contribution is 14.0. The molecule has 1 atom stereocenters. The zero-order valence-corrected chi connectivity index (χ0v) is 16.6. The summed E-state index contributed by atoms with van der Waals surface area (Å²) in [6.45, 7) is 5.29. The lowest BCUT2D eigenvalue weighted by Crippen LogP contribution is -2.39. The molecule has 1 rings (SSSR count). The second-order valence-corrected chi connectivity index (χ2v) is 5.91. The van der Waals surface area contributed by atoms with Crippen LogP contribution in [0.2, 0.25) is 0 Å². The van der Waals surface area contributed by atoms with Crippen LogP contribution in [0.25, 0.3) is 0 Å². The lowest BCUT2D eigenvalue weighted by molar-refractivity contribution is 0.669. The number of unbranched alkanes of at least 4 members (excludes halogenated alkanes) is 1. The fraction of sp³-hybridized carbons (Fsp3) is 0.562. The number of halogens is 1. The molecule has 0 aliphatic carbocycles. The van der Waals surface area contributed by atoms with E-state index in [1.807, 2.05) is 18.8 Å². The van der Waals surface area contributed by atoms with Crippen LogP contribution in [-0.4, -0.2) is 31.6 Å². The average Bonchev–Trinajstić information content (AvgIpc) is 2.46. The first kappa shape index (κ1) is 20.6. The van der Waals surface area contributed by atoms with Gasteiger partial charge in [0.15, 0.2) is 5.96 Å². The summed E-state index contributed by atoms with van der Waals surface area (Å²) in [5.74, 6) is 2.11. The fourth-order valence-electron chi connectivity index (χ4n) is 2.13. The number of aliphatic imine (C=N–C) groups is 1. The van der Waals surface area contributed by atoms with Crippen LogP contribution in [0.5, 0.6) is 0 Å². The van der Waals surface area contributed by atoms with Crippen LogP contribution in [0.1, 0.15) is 36.9 Å². The fourth-order valence-corrected chi connectivity index (χ4v) is 2.62. The number of benzene rings is 1. The predicted molar refractivity (Wildman–Crippen MR) is 107 cm³/mol. The SMILES string of the molecule is CN=C(NCCCCSC)NC(C)c1ccccc1C.I. The molecule has 0 amide bonds. The summed E-state index contributed by atoms with van der Waals surface area (Å²) in [6.07, 6.45) is 4.58. The van der Waals surface area contributed by atoms with E-state index in [4.69, 9.17) is 0 Å². The number of rotatable bonds is 7. The number of hydrogen-bond donors (Lipinski definition) is 2. The minimum absolute atomic E-state index is 0. The number of hydrogen-bond acceptors (Lipinski definition) is 2. The third-order valence-corrected chi connectivity index (χ3v) is 4.00. The van der Waals surface area contributed by atoms with Gasteiger partial charge in [0.25, 0.3) is 0 Å². The molecule has 0 saturated heterocycles. The number of nitrogens with one attached hydrogen (secondary N) is 2. The second kappa shape index (κ2) is 12.1. The Morgan fingerprint density at radius 3 is 2.62 bits per heavy atom. The maximum absolute atomic E-state index is 4.29. The van der Waals surface area contributed by atoms with E-state index in [0.29, 0.717) is 0 Å². The van der Waals surface area contributed by atoms with E-state index in [1.165, 1.54) is 29.7 Å². The zero-order chi connectivity index (χ0) is 14.8. The van der Waals surface area contributed by atoms with E-state index in [2.05, 4.69) is 60.0 Å². The maximum atomic E-state index is 4.29. The van der Waals surface area contributed by atoms with E-state index in [0.717, 1.165) is 12.5 Å². The summed E-state index contributed by atoms with van der Waals surface area (Å²) in [5.41, 5.74) is 2.63. The van der Waals surface area contributed by atoms with Crippen LogP contribution in [0.3, 0.4) is 0 Å². The molecule has 1 aromatic carbocycles. The molecule has 21 heavy (non-hydrogen) atoms. The van der Waals surface area contributed by atoms with Gasteiger partial charge in [-0.1, -0.05) is 24.3 Å². The molecule has 0 saturated carbocycles. The number of aryl methyl sites for hydroxylation is 1. The lowest BCUT2D eigenvalue weighted by Gasteiger charge is -2.19. The molecule has 0 bridgehead atoms. The summed E-state index contributed by atoms with van der Waals surface area (Å²) in [7, 11) is 1.82. The normalized spacial score (nSPS) is 12.5. The van der Waals surface area contributed by atoms with Crippen molar-refractivity contribution in [1.82, 2.24) is 10.6 Å². The molecule has 0 fully saturated rings. The van der Waals surface area contributed by atoms with E-state index < -0.39 is 0 Å². The molecule has 3 nitrogen and oxygen atoms in total. The first-order valence-corrected chi connectivity index (χ1v) is 8.60. The van der Waals surface area contributed by atoms with E-state index in [-0.39, 0.29) is 30.0 Å². The van der Waals surface area contributed by atoms with Crippen molar-refractivity contribution in [3.8, 4) is 0 Å². The molecule has 1 aromatic rings. The Hall–Kier alpha value is -0.430. The summed E-state index contributed by atoms with van der Waals surface area (Å²) in [5, 5.41) is 6.83. The summed E-state index contributed by atoms with van der Waals surface area (Å²) >= 11 is 1.90. The minimum atomic E-state index is 0. The van der Waals surface area contributed by atoms with Crippen molar-refractivity contribution in [1.29, 1.82) is 0 Å². The minimum Gasteiger partial charge on any atom is -0.356 e. The van der Waals surface area contributed by atoms with Gasteiger partial charge < -0.3 is 10.6 Å². The summed E-state index contributed by atoms with van der Waals surface area (Å²) < 4.78 is 0. The van der Waals surface area contributed by atoms with Gasteiger partial charge in [0.1, 0.15) is 0 Å². The van der Waals surface area contributed by atoms with Crippen LogP contribution in [0.4, 0.5) is 0 Å². The predicted octanol–water partition coefficient (Wildman–Crippen LogP) is 3.98. The summed E-state index contributed by atoms with van der Waals surface area (Å²) in [6, 6.07) is 8.72. The standard InChI is InChI=1S/C16H27N3S.HI/c1-13-9-5-6-10-15(13)14(2)19-16(17-3)18-11-7-8-12-20-4;/h5-6,9-10,14H,7-8,11-12H2,1-4H3,(H2,17,18,19);1H. The van der Waals surface area contributed by atoms with E-state index >= 15 is 0 Å². The molecule has 0 aromatic heterocycles. The van der Waals surface area contributed by atoms with Crippen LogP contribution in [0.15, 0.2) is 29.3 Å². The highest BCUT2D eigenvalue weighted by Crippen LogP contribution is 2.16. The van der Waals surface area contributed by atoms with Gasteiger partial charge in [0.2, 0.25) is 0 Å². The van der Waals surface area contributed by atoms with Crippen molar-refractivity contribution >= 4 is 41.7 Å². The molecule has 0 aliphatic heterocycles. The van der Waals surface area contributed by atoms with E-state index in [1.54, 1.807) is 0 Å². The average molecular weight is 421 g/mol. The Morgan fingerprint density at radius 2 is 2.00 bits per heavy atom. The van der Waals surface area contributed by atoms with Gasteiger partial charge >= 0.3 is 0 Å². The first-order chi connectivity index (χ1) is 9.69. The van der Waals surface area contributed by atoms with Crippen LogP contribution in [0, 0.1) is 6.92 Å². The number of guanidine groups is 1. The molecule has 0 aliphatic rings. The molecule has 2 N–H and O–H groups in total. The van der Waals surface area contributed by atoms with Crippen molar-refractivity contribution in [2.75, 3.05) is 25.6 Å². The molecular formula is C16H28IN3S. The Labute approximate surface area is 150 Å². The third kappa shape index (κ3) is 7.95. The number of thioether (sulfide) groups is 1. The quantitative estimate of drug-likeness (QED) is 0.303. The highest BCUT2D eigenvalue weighted by atomic mass is 127. The molecule has 5 heteroatoms. The van der Waals surface area contributed by atoms with Gasteiger partial charge in [-0.3, -0.25) is 4.99 Å². The van der Waals surface area contributed by atoms with Gasteiger partial charge in [-0.25, -0.2) is 0 Å². The Morgan fingerprint density at radius 1 is 1.29 bits per heavy atom. The Balaban J connectivity index is 0.00000400. The van der Waals surface area contributed by atoms with Crippen molar-refractivity contribution < 1.29 is 0 Å². The first-order valence-electron chi connectivity index (χ1n) is 7.20. The van der Waals surface area contributed by atoms with Gasteiger partial charge in [-0.2, -0.15) is 11.8 Å². The third-order valence-electron chi connectivity index (χ3n) is 3.30. The Kier molecular flexibility index (Phi) is 11.9. The molecule has 0 radical (unpaired) electrons. The van der Waals surface area contributed by atoms with Crippen LogP contribution < -0.4 is 10.6 Å². The van der Waals surface area contributed by atoms with Gasteiger partial charge in [-0.05, 0) is 49.8 Å². The van der Waals surface area contributed by atoms with Gasteiger partial charge in [0, 0.05) is 13.6 Å². The van der Waals surface area contributed by atoms with Crippen molar-refractivity contribution in [3.63, 3.8) is 0 Å². The lowest BCUT2D eigenvalue weighted by atomic mass is 10.0. The summed E-state index contributed by atoms with van der Waals surface area (Å²) in [4.78, 5) is 4.29. The highest BCUT2D eigenvalue weighted by Gasteiger charge is 2.09. The Bertz CT molecular complexity index is 424. The molecule has 0 heterocycles. The van der Waals surface area contributed by atoms with Crippen molar-refractivity contribution in [3.05, 3.63) is 35.4 Å². The van der Waals surface area contributed by atoms with Crippen LogP contribution >= 0.6 is 35.7 Å². The largest absolute Gasteiger partial charge is 0.356 e.